The molecular weight excluding hydrogens is 296 g/mol. The predicted octanol–water partition coefficient (Wildman–Crippen LogP) is 2.32. The largest absolute Gasteiger partial charge is 0.383 e. The molecule has 0 saturated carbocycles. The molecule has 1 aromatic rings. The van der Waals surface area contributed by atoms with E-state index in [2.05, 4.69) is 26.6 Å². The number of anilines is 1. The molecule has 0 aliphatic carbocycles. The van der Waals surface area contributed by atoms with Crippen molar-refractivity contribution in [3.8, 4) is 0 Å². The molecule has 1 rings (SSSR count). The van der Waals surface area contributed by atoms with Crippen LogP contribution >= 0.6 is 15.9 Å². The molecule has 0 radical (unpaired) electrons. The fourth-order valence-corrected chi connectivity index (χ4v) is 1.73. The summed E-state index contributed by atoms with van der Waals surface area (Å²) in [6.07, 6.45) is 0. The van der Waals surface area contributed by atoms with Gasteiger partial charge in [-0.2, -0.15) is 0 Å². The molecular formula is C13H19BrN2O2. The Balaban J connectivity index is 2.50. The highest BCUT2D eigenvalue weighted by Gasteiger charge is 2.11. The number of hydrogen-bond acceptors (Lipinski definition) is 3. The van der Waals surface area contributed by atoms with Gasteiger partial charge in [-0.05, 0) is 37.6 Å². The molecule has 0 aromatic heterocycles. The summed E-state index contributed by atoms with van der Waals surface area (Å²) in [6, 6.07) is 5.63. The number of benzene rings is 1. The van der Waals surface area contributed by atoms with E-state index in [1.165, 1.54) is 0 Å². The second-order valence-corrected chi connectivity index (χ2v) is 4.97. The fourth-order valence-electron chi connectivity index (χ4n) is 1.48. The van der Waals surface area contributed by atoms with Crippen LogP contribution in [0.25, 0.3) is 0 Å². The van der Waals surface area contributed by atoms with E-state index in [0.717, 1.165) is 15.7 Å². The number of halogens is 1. The third-order valence-electron chi connectivity index (χ3n) is 2.54. The maximum atomic E-state index is 11.7. The van der Waals surface area contributed by atoms with Crippen molar-refractivity contribution >= 4 is 27.5 Å². The number of amides is 1. The van der Waals surface area contributed by atoms with E-state index in [4.69, 9.17) is 4.74 Å². The molecule has 0 spiro atoms. The lowest BCUT2D eigenvalue weighted by atomic mass is 10.2. The van der Waals surface area contributed by atoms with Crippen molar-refractivity contribution in [1.29, 1.82) is 0 Å². The first-order valence-electron chi connectivity index (χ1n) is 5.84. The van der Waals surface area contributed by atoms with Crippen molar-refractivity contribution in [3.05, 3.63) is 28.2 Å². The Hall–Kier alpha value is -1.07. The first-order valence-corrected chi connectivity index (χ1v) is 6.63. The topological polar surface area (TPSA) is 50.4 Å². The van der Waals surface area contributed by atoms with Gasteiger partial charge in [0.1, 0.15) is 6.04 Å². The summed E-state index contributed by atoms with van der Waals surface area (Å²) in [6.45, 7) is 4.90. The van der Waals surface area contributed by atoms with Crippen molar-refractivity contribution < 1.29 is 9.53 Å². The lowest BCUT2D eigenvalue weighted by molar-refractivity contribution is -0.121. The minimum atomic E-state index is -0.276. The average molecular weight is 315 g/mol. The van der Waals surface area contributed by atoms with Gasteiger partial charge in [-0.3, -0.25) is 4.79 Å². The van der Waals surface area contributed by atoms with Crippen LogP contribution in [-0.2, 0) is 9.53 Å². The minimum absolute atomic E-state index is 0.0346. The summed E-state index contributed by atoms with van der Waals surface area (Å²) in [7, 11) is 1.61. The van der Waals surface area contributed by atoms with Crippen LogP contribution in [0.5, 0.6) is 0 Å². The van der Waals surface area contributed by atoms with Crippen LogP contribution in [0, 0.1) is 6.92 Å². The summed E-state index contributed by atoms with van der Waals surface area (Å²) in [4.78, 5) is 11.7. The number of ether oxygens (including phenoxy) is 1. The zero-order valence-electron chi connectivity index (χ0n) is 10.9. The van der Waals surface area contributed by atoms with E-state index in [1.54, 1.807) is 7.11 Å². The molecule has 5 heteroatoms. The fraction of sp³-hybridized carbons (Fsp3) is 0.462. The van der Waals surface area contributed by atoms with E-state index >= 15 is 0 Å². The third-order valence-corrected chi connectivity index (χ3v) is 3.43. The SMILES string of the molecule is COCCNC(=O)C(C)Nc1ccc(Br)c(C)c1. The van der Waals surface area contributed by atoms with Gasteiger partial charge in [0.2, 0.25) is 5.91 Å². The zero-order chi connectivity index (χ0) is 13.5. The lowest BCUT2D eigenvalue weighted by Gasteiger charge is -2.15. The van der Waals surface area contributed by atoms with E-state index in [9.17, 15) is 4.79 Å². The number of methoxy groups -OCH3 is 1. The molecule has 100 valence electrons. The molecule has 1 aromatic carbocycles. The molecule has 1 unspecified atom stereocenters. The molecule has 0 heterocycles. The number of carbonyl (C=O) groups is 1. The Kier molecular flexibility index (Phi) is 6.15. The Morgan fingerprint density at radius 3 is 2.83 bits per heavy atom. The Morgan fingerprint density at radius 2 is 2.22 bits per heavy atom. The van der Waals surface area contributed by atoms with E-state index in [1.807, 2.05) is 32.0 Å². The highest BCUT2D eigenvalue weighted by atomic mass is 79.9. The molecule has 4 nitrogen and oxygen atoms in total. The van der Waals surface area contributed by atoms with Gasteiger partial charge in [0.25, 0.3) is 0 Å². The molecule has 1 atom stereocenters. The first kappa shape index (κ1) is 15.0. The molecule has 0 bridgehead atoms. The molecule has 0 saturated heterocycles. The molecule has 0 aliphatic rings. The first-order chi connectivity index (χ1) is 8.54. The normalized spacial score (nSPS) is 12.0. The van der Waals surface area contributed by atoms with Gasteiger partial charge < -0.3 is 15.4 Å². The van der Waals surface area contributed by atoms with Gasteiger partial charge in [0.15, 0.2) is 0 Å². The van der Waals surface area contributed by atoms with Crippen LogP contribution in [-0.4, -0.2) is 32.2 Å². The van der Waals surface area contributed by atoms with Gasteiger partial charge >= 0.3 is 0 Å². The van der Waals surface area contributed by atoms with Crippen LogP contribution in [0.15, 0.2) is 22.7 Å². The van der Waals surface area contributed by atoms with Crippen molar-refractivity contribution in [2.45, 2.75) is 19.9 Å². The molecule has 2 N–H and O–H groups in total. The monoisotopic (exact) mass is 314 g/mol. The molecule has 0 aliphatic heterocycles. The third kappa shape index (κ3) is 4.66. The molecule has 1 amide bonds. The highest BCUT2D eigenvalue weighted by Crippen LogP contribution is 2.20. The maximum Gasteiger partial charge on any atom is 0.242 e. The quantitative estimate of drug-likeness (QED) is 0.792. The van der Waals surface area contributed by atoms with Gasteiger partial charge in [0.05, 0.1) is 6.61 Å². The average Bonchev–Trinajstić information content (AvgIpc) is 2.34. The molecule has 0 fully saturated rings. The van der Waals surface area contributed by atoms with Crippen molar-refractivity contribution in [2.24, 2.45) is 0 Å². The molecule has 18 heavy (non-hydrogen) atoms. The van der Waals surface area contributed by atoms with Crippen molar-refractivity contribution in [3.63, 3.8) is 0 Å². The van der Waals surface area contributed by atoms with Gasteiger partial charge in [0, 0.05) is 23.8 Å². The number of rotatable bonds is 6. The van der Waals surface area contributed by atoms with E-state index in [0.29, 0.717) is 13.2 Å². The van der Waals surface area contributed by atoms with Gasteiger partial charge in [-0.25, -0.2) is 0 Å². The van der Waals surface area contributed by atoms with Gasteiger partial charge in [-0.1, -0.05) is 15.9 Å². The van der Waals surface area contributed by atoms with E-state index < -0.39 is 0 Å². The highest BCUT2D eigenvalue weighted by molar-refractivity contribution is 9.10. The number of nitrogens with one attached hydrogen (secondary N) is 2. The summed E-state index contributed by atoms with van der Waals surface area (Å²) >= 11 is 3.45. The standard InChI is InChI=1S/C13H19BrN2O2/c1-9-8-11(4-5-12(9)14)16-10(2)13(17)15-6-7-18-3/h4-5,8,10,16H,6-7H2,1-3H3,(H,15,17). The Morgan fingerprint density at radius 1 is 1.50 bits per heavy atom. The zero-order valence-corrected chi connectivity index (χ0v) is 12.5. The van der Waals surface area contributed by atoms with Crippen LogP contribution in [0.1, 0.15) is 12.5 Å². The number of aryl methyl sites for hydroxylation is 1. The van der Waals surface area contributed by atoms with Crippen molar-refractivity contribution in [2.75, 3.05) is 25.6 Å². The van der Waals surface area contributed by atoms with Crippen LogP contribution in [0.3, 0.4) is 0 Å². The Labute approximate surface area is 116 Å². The summed E-state index contributed by atoms with van der Waals surface area (Å²) in [5.41, 5.74) is 2.07. The van der Waals surface area contributed by atoms with E-state index in [-0.39, 0.29) is 11.9 Å². The minimum Gasteiger partial charge on any atom is -0.383 e. The lowest BCUT2D eigenvalue weighted by Crippen LogP contribution is -2.39. The summed E-state index contributed by atoms with van der Waals surface area (Å²) in [5.74, 6) is -0.0346. The van der Waals surface area contributed by atoms with Crippen molar-refractivity contribution in [1.82, 2.24) is 5.32 Å². The second kappa shape index (κ2) is 7.38. The summed E-state index contributed by atoms with van der Waals surface area (Å²) < 4.78 is 5.94. The van der Waals surface area contributed by atoms with Gasteiger partial charge in [-0.15, -0.1) is 0 Å². The van der Waals surface area contributed by atoms with Crippen LogP contribution < -0.4 is 10.6 Å². The second-order valence-electron chi connectivity index (χ2n) is 4.11. The smallest absolute Gasteiger partial charge is 0.242 e. The van der Waals surface area contributed by atoms with Crippen LogP contribution in [0.4, 0.5) is 5.69 Å². The number of hydrogen-bond donors (Lipinski definition) is 2. The number of carbonyl (C=O) groups excluding carboxylic acids is 1. The predicted molar refractivity (Wildman–Crippen MR) is 76.8 cm³/mol. The van der Waals surface area contributed by atoms with Crippen LogP contribution in [0.2, 0.25) is 0 Å². The Bertz CT molecular complexity index is 410. The summed E-state index contributed by atoms with van der Waals surface area (Å²) in [5, 5.41) is 5.96. The maximum absolute atomic E-state index is 11.7.